The minimum absolute atomic E-state index is 0.0218. The number of aryl methyl sites for hydroxylation is 1. The molecule has 2 amide bonds. The second-order valence-electron chi connectivity index (χ2n) is 4.74. The Hall–Kier alpha value is -2.04. The molecule has 5 heteroatoms. The van der Waals surface area contributed by atoms with Gasteiger partial charge in [-0.3, -0.25) is 9.59 Å². The number of benzene rings is 1. The van der Waals surface area contributed by atoms with Gasteiger partial charge in [0.05, 0.1) is 6.54 Å². The molecule has 0 heterocycles. The summed E-state index contributed by atoms with van der Waals surface area (Å²) in [5, 5.41) is 5.30. The summed E-state index contributed by atoms with van der Waals surface area (Å²) in [6, 6.07) is 7.52. The molecular weight excluding hydrogens is 242 g/mol. The normalized spacial score (nSPS) is 10.3. The van der Waals surface area contributed by atoms with E-state index in [2.05, 4.69) is 10.6 Å². The van der Waals surface area contributed by atoms with Crippen LogP contribution in [0.1, 0.15) is 25.8 Å². The first-order valence-electron chi connectivity index (χ1n) is 6.38. The summed E-state index contributed by atoms with van der Waals surface area (Å²) in [6.45, 7) is 3.77. The average Bonchev–Trinajstić information content (AvgIpc) is 2.33. The van der Waals surface area contributed by atoms with Crippen LogP contribution in [0, 0.1) is 0 Å². The molecule has 0 aliphatic carbocycles. The zero-order valence-electron chi connectivity index (χ0n) is 11.4. The quantitative estimate of drug-likeness (QED) is 0.665. The number of amides is 2. The molecule has 0 bridgehead atoms. The van der Waals surface area contributed by atoms with Crippen LogP contribution in [0.25, 0.3) is 0 Å². The Morgan fingerprint density at radius 1 is 1.26 bits per heavy atom. The number of hydrogen-bond donors (Lipinski definition) is 3. The number of nitrogens with two attached hydrogens (primary N) is 1. The largest absolute Gasteiger partial charge is 0.399 e. The summed E-state index contributed by atoms with van der Waals surface area (Å²) in [5.74, 6) is -0.311. The Kier molecular flexibility index (Phi) is 5.85. The van der Waals surface area contributed by atoms with Crippen LogP contribution in [-0.2, 0) is 16.0 Å². The lowest BCUT2D eigenvalue weighted by Gasteiger charge is -2.09. The molecule has 5 nitrogen and oxygen atoms in total. The molecule has 0 aromatic heterocycles. The van der Waals surface area contributed by atoms with Crippen LogP contribution < -0.4 is 16.4 Å². The summed E-state index contributed by atoms with van der Waals surface area (Å²) < 4.78 is 0. The van der Waals surface area contributed by atoms with Gasteiger partial charge in [-0.15, -0.1) is 0 Å². The lowest BCUT2D eigenvalue weighted by atomic mass is 10.1. The Morgan fingerprint density at radius 2 is 2.00 bits per heavy atom. The van der Waals surface area contributed by atoms with Crippen molar-refractivity contribution in [2.24, 2.45) is 0 Å². The lowest BCUT2D eigenvalue weighted by molar-refractivity contribution is -0.126. The van der Waals surface area contributed by atoms with Crippen molar-refractivity contribution in [1.29, 1.82) is 0 Å². The van der Waals surface area contributed by atoms with Gasteiger partial charge in [0, 0.05) is 18.2 Å². The van der Waals surface area contributed by atoms with Gasteiger partial charge in [-0.2, -0.15) is 0 Å². The molecule has 104 valence electrons. The van der Waals surface area contributed by atoms with Crippen molar-refractivity contribution >= 4 is 17.5 Å². The molecule has 0 atom stereocenters. The highest BCUT2D eigenvalue weighted by molar-refractivity contribution is 5.84. The number of carbonyl (C=O) groups is 2. The zero-order valence-corrected chi connectivity index (χ0v) is 11.4. The van der Waals surface area contributed by atoms with E-state index in [9.17, 15) is 9.59 Å². The molecule has 1 aromatic carbocycles. The molecule has 0 saturated carbocycles. The van der Waals surface area contributed by atoms with E-state index < -0.39 is 0 Å². The van der Waals surface area contributed by atoms with E-state index in [1.807, 2.05) is 32.0 Å². The predicted octanol–water partition coefficient (Wildman–Crippen LogP) is 0.842. The Bertz CT molecular complexity index is 444. The summed E-state index contributed by atoms with van der Waals surface area (Å²) in [6.07, 6.45) is 0.959. The predicted molar refractivity (Wildman–Crippen MR) is 75.5 cm³/mol. The van der Waals surface area contributed by atoms with Crippen molar-refractivity contribution in [3.63, 3.8) is 0 Å². The van der Waals surface area contributed by atoms with Gasteiger partial charge in [-0.05, 0) is 38.0 Å². The van der Waals surface area contributed by atoms with Gasteiger partial charge in [0.1, 0.15) is 0 Å². The number of hydrogen-bond acceptors (Lipinski definition) is 3. The maximum Gasteiger partial charge on any atom is 0.239 e. The number of anilines is 1. The average molecular weight is 263 g/mol. The third-order valence-corrected chi connectivity index (χ3v) is 2.49. The highest BCUT2D eigenvalue weighted by Crippen LogP contribution is 2.08. The van der Waals surface area contributed by atoms with Crippen LogP contribution in [0.4, 0.5) is 5.69 Å². The van der Waals surface area contributed by atoms with E-state index >= 15 is 0 Å². The first-order valence-corrected chi connectivity index (χ1v) is 6.38. The van der Waals surface area contributed by atoms with Crippen molar-refractivity contribution in [2.75, 3.05) is 12.3 Å². The topological polar surface area (TPSA) is 84.2 Å². The third kappa shape index (κ3) is 6.45. The molecule has 0 fully saturated rings. The molecule has 1 rings (SSSR count). The fourth-order valence-electron chi connectivity index (χ4n) is 1.65. The van der Waals surface area contributed by atoms with E-state index in [0.29, 0.717) is 18.5 Å². The van der Waals surface area contributed by atoms with E-state index in [-0.39, 0.29) is 24.4 Å². The highest BCUT2D eigenvalue weighted by Gasteiger charge is 2.06. The van der Waals surface area contributed by atoms with Crippen LogP contribution in [-0.4, -0.2) is 24.4 Å². The number of rotatable bonds is 6. The maximum atomic E-state index is 11.6. The standard InChI is InChI=1S/C14H21N3O2/c1-10(2)17-14(19)9-16-13(18)7-6-11-4-3-5-12(15)8-11/h3-5,8,10H,6-7,9,15H2,1-2H3,(H,16,18)(H,17,19). The van der Waals surface area contributed by atoms with Gasteiger partial charge in [0.15, 0.2) is 0 Å². The summed E-state index contributed by atoms with van der Waals surface area (Å²) >= 11 is 0. The van der Waals surface area contributed by atoms with E-state index in [0.717, 1.165) is 5.56 Å². The molecule has 0 radical (unpaired) electrons. The highest BCUT2D eigenvalue weighted by atomic mass is 16.2. The van der Waals surface area contributed by atoms with Crippen LogP contribution >= 0.6 is 0 Å². The van der Waals surface area contributed by atoms with Gasteiger partial charge in [0.25, 0.3) is 0 Å². The number of nitrogens with one attached hydrogen (secondary N) is 2. The first kappa shape index (κ1) is 15.0. The lowest BCUT2D eigenvalue weighted by Crippen LogP contribution is -2.39. The van der Waals surface area contributed by atoms with Crippen molar-refractivity contribution < 1.29 is 9.59 Å². The van der Waals surface area contributed by atoms with Gasteiger partial charge in [0.2, 0.25) is 11.8 Å². The summed E-state index contributed by atoms with van der Waals surface area (Å²) in [4.78, 5) is 22.9. The van der Waals surface area contributed by atoms with Gasteiger partial charge in [-0.25, -0.2) is 0 Å². The molecule has 0 unspecified atom stereocenters. The Balaban J connectivity index is 2.26. The van der Waals surface area contributed by atoms with Crippen molar-refractivity contribution in [1.82, 2.24) is 10.6 Å². The molecule has 0 aliphatic rings. The minimum atomic E-state index is -0.174. The Labute approximate surface area is 113 Å². The fourth-order valence-corrected chi connectivity index (χ4v) is 1.65. The van der Waals surface area contributed by atoms with Gasteiger partial charge in [-0.1, -0.05) is 12.1 Å². The van der Waals surface area contributed by atoms with Gasteiger partial charge >= 0.3 is 0 Å². The fraction of sp³-hybridized carbons (Fsp3) is 0.429. The maximum absolute atomic E-state index is 11.6. The molecule has 19 heavy (non-hydrogen) atoms. The van der Waals surface area contributed by atoms with E-state index in [1.165, 1.54) is 0 Å². The van der Waals surface area contributed by atoms with Crippen LogP contribution in [0.5, 0.6) is 0 Å². The smallest absolute Gasteiger partial charge is 0.239 e. The van der Waals surface area contributed by atoms with Crippen molar-refractivity contribution in [3.8, 4) is 0 Å². The second kappa shape index (κ2) is 7.41. The summed E-state index contributed by atoms with van der Waals surface area (Å²) in [7, 11) is 0. The first-order chi connectivity index (χ1) is 8.97. The minimum Gasteiger partial charge on any atom is -0.399 e. The molecular formula is C14H21N3O2. The molecule has 1 aromatic rings. The summed E-state index contributed by atoms with van der Waals surface area (Å²) in [5.41, 5.74) is 7.36. The molecule has 4 N–H and O–H groups in total. The van der Waals surface area contributed by atoms with Crippen LogP contribution in [0.15, 0.2) is 24.3 Å². The van der Waals surface area contributed by atoms with Crippen molar-refractivity contribution in [2.45, 2.75) is 32.7 Å². The van der Waals surface area contributed by atoms with E-state index in [1.54, 1.807) is 6.07 Å². The van der Waals surface area contributed by atoms with Crippen LogP contribution in [0.2, 0.25) is 0 Å². The van der Waals surface area contributed by atoms with Crippen molar-refractivity contribution in [3.05, 3.63) is 29.8 Å². The SMILES string of the molecule is CC(C)NC(=O)CNC(=O)CCc1cccc(N)c1. The Morgan fingerprint density at radius 3 is 2.63 bits per heavy atom. The monoisotopic (exact) mass is 263 g/mol. The second-order valence-corrected chi connectivity index (χ2v) is 4.74. The molecule has 0 spiro atoms. The van der Waals surface area contributed by atoms with Crippen LogP contribution in [0.3, 0.4) is 0 Å². The molecule has 0 saturated heterocycles. The van der Waals surface area contributed by atoms with E-state index in [4.69, 9.17) is 5.73 Å². The number of carbonyl (C=O) groups excluding carboxylic acids is 2. The zero-order chi connectivity index (χ0) is 14.3. The van der Waals surface area contributed by atoms with Gasteiger partial charge < -0.3 is 16.4 Å². The molecule has 0 aliphatic heterocycles. The third-order valence-electron chi connectivity index (χ3n) is 2.49. The number of nitrogen functional groups attached to an aromatic ring is 1.